The maximum Gasteiger partial charge on any atom is 0.131 e. The van der Waals surface area contributed by atoms with E-state index in [1.165, 1.54) is 6.42 Å². The maximum absolute atomic E-state index is 13.5. The van der Waals surface area contributed by atoms with Crippen molar-refractivity contribution >= 4 is 5.69 Å². The van der Waals surface area contributed by atoms with Crippen LogP contribution in [-0.4, -0.2) is 64.1 Å². The van der Waals surface area contributed by atoms with Gasteiger partial charge in [0.25, 0.3) is 0 Å². The number of alkyl halides is 1. The number of hydrogen-bond acceptors (Lipinski definition) is 7. The molecule has 2 bridgehead atoms. The van der Waals surface area contributed by atoms with Crippen molar-refractivity contribution in [2.45, 2.75) is 37.3 Å². The zero-order valence-electron chi connectivity index (χ0n) is 22.3. The van der Waals surface area contributed by atoms with Gasteiger partial charge in [-0.3, -0.25) is 4.90 Å². The van der Waals surface area contributed by atoms with Gasteiger partial charge in [-0.05, 0) is 79.7 Å². The molecule has 40 heavy (non-hydrogen) atoms. The summed E-state index contributed by atoms with van der Waals surface area (Å²) in [7, 11) is 0. The van der Waals surface area contributed by atoms with Crippen LogP contribution in [0.5, 0.6) is 5.75 Å². The summed E-state index contributed by atoms with van der Waals surface area (Å²) in [5.74, 6) is 8.14. The van der Waals surface area contributed by atoms with Crippen LogP contribution in [0.3, 0.4) is 0 Å². The van der Waals surface area contributed by atoms with Crippen LogP contribution in [0.4, 0.5) is 10.1 Å². The summed E-state index contributed by atoms with van der Waals surface area (Å²) >= 11 is 0. The van der Waals surface area contributed by atoms with E-state index < -0.39 is 6.17 Å². The summed E-state index contributed by atoms with van der Waals surface area (Å²) < 4.78 is 13.5. The van der Waals surface area contributed by atoms with E-state index >= 15 is 0 Å². The molecule has 4 heterocycles. The Balaban J connectivity index is 1.10. The second-order valence-electron chi connectivity index (χ2n) is 11.9. The van der Waals surface area contributed by atoms with E-state index in [4.69, 9.17) is 4.98 Å². The van der Waals surface area contributed by atoms with Crippen molar-refractivity contribution < 1.29 is 9.50 Å². The Morgan fingerprint density at radius 1 is 1.12 bits per heavy atom. The van der Waals surface area contributed by atoms with Crippen LogP contribution in [0.15, 0.2) is 48.7 Å². The highest BCUT2D eigenvalue weighted by Crippen LogP contribution is 2.64. The number of benzene rings is 1. The fourth-order valence-electron chi connectivity index (χ4n) is 7.71. The van der Waals surface area contributed by atoms with Crippen molar-refractivity contribution in [2.24, 2.45) is 17.8 Å². The van der Waals surface area contributed by atoms with Crippen molar-refractivity contribution in [3.8, 4) is 34.9 Å². The molecule has 0 radical (unpaired) electrons. The monoisotopic (exact) mass is 534 g/mol. The lowest BCUT2D eigenvalue weighted by Gasteiger charge is -2.53. The maximum atomic E-state index is 13.5. The zero-order chi connectivity index (χ0) is 27.3. The van der Waals surface area contributed by atoms with Crippen LogP contribution in [0, 0.1) is 40.9 Å². The molecule has 4 aliphatic rings. The molecule has 5 atom stereocenters. The number of halogens is 1. The number of phenols is 1. The van der Waals surface area contributed by atoms with E-state index in [0.717, 1.165) is 43.9 Å². The number of rotatable bonds is 4. The van der Waals surface area contributed by atoms with Crippen LogP contribution in [0.25, 0.3) is 11.3 Å². The molecule has 1 aromatic carbocycles. The van der Waals surface area contributed by atoms with Crippen LogP contribution >= 0.6 is 0 Å². The number of aromatic nitrogens is 3. The van der Waals surface area contributed by atoms with E-state index in [1.54, 1.807) is 12.1 Å². The Kier molecular flexibility index (Phi) is 6.17. The second kappa shape index (κ2) is 9.87. The highest BCUT2D eigenvalue weighted by atomic mass is 19.1. The predicted molar refractivity (Wildman–Crippen MR) is 149 cm³/mol. The minimum Gasteiger partial charge on any atom is -0.507 e. The number of anilines is 1. The number of nitriles is 1. The SMILES string of the molecule is N#Cc1ccc(C23C[C@H]4CC2[C@H](CN(c2cnnc(-c5ccccc5O)c2)C4)C3)nc1C#CCN1CC[C@H](F)C1. The molecule has 4 fully saturated rings. The molecule has 3 aromatic rings. The third-order valence-electron chi connectivity index (χ3n) is 9.51. The molecule has 0 spiro atoms. The molecule has 2 aromatic heterocycles. The second-order valence-corrected chi connectivity index (χ2v) is 11.9. The fourth-order valence-corrected chi connectivity index (χ4v) is 7.71. The average Bonchev–Trinajstić information content (AvgIpc) is 3.45. The van der Waals surface area contributed by atoms with Gasteiger partial charge in [0.05, 0.1) is 29.7 Å². The minimum atomic E-state index is -0.764. The summed E-state index contributed by atoms with van der Waals surface area (Å²) in [6.45, 7) is 3.58. The molecule has 2 unspecified atom stereocenters. The fraction of sp³-hybridized carbons (Fsp3) is 0.438. The molecule has 0 amide bonds. The van der Waals surface area contributed by atoms with Gasteiger partial charge in [0.1, 0.15) is 23.7 Å². The molecular weight excluding hydrogens is 503 g/mol. The van der Waals surface area contributed by atoms with Gasteiger partial charge >= 0.3 is 0 Å². The Bertz CT molecular complexity index is 1550. The molecule has 7 rings (SSSR count). The van der Waals surface area contributed by atoms with Gasteiger partial charge in [-0.1, -0.05) is 18.1 Å². The van der Waals surface area contributed by atoms with Crippen molar-refractivity contribution in [2.75, 3.05) is 37.6 Å². The molecular formula is C32H31FN6O. The summed E-state index contributed by atoms with van der Waals surface area (Å²) in [6.07, 6.45) is 4.96. The van der Waals surface area contributed by atoms with Crippen molar-refractivity contribution in [3.05, 3.63) is 65.6 Å². The minimum absolute atomic E-state index is 0.0553. The molecule has 202 valence electrons. The first-order chi connectivity index (χ1) is 19.5. The first-order valence-electron chi connectivity index (χ1n) is 14.2. The van der Waals surface area contributed by atoms with Gasteiger partial charge in [-0.25, -0.2) is 9.37 Å². The van der Waals surface area contributed by atoms with Gasteiger partial charge in [-0.2, -0.15) is 15.5 Å². The summed E-state index contributed by atoms with van der Waals surface area (Å²) in [6, 6.07) is 15.5. The van der Waals surface area contributed by atoms with Crippen molar-refractivity contribution in [1.82, 2.24) is 20.1 Å². The summed E-state index contributed by atoms with van der Waals surface area (Å²) in [5.41, 5.74) is 4.60. The number of hydrogen-bond donors (Lipinski definition) is 1. The first-order valence-corrected chi connectivity index (χ1v) is 14.2. The standard InChI is InChI=1S/C32H31FN6O/c33-24-9-11-38(20-24)10-3-5-28-22(16-34)7-8-31(36-28)32-14-21-12-27(32)23(15-32)19-39(18-21)25-13-29(37-35-17-25)26-4-1-2-6-30(26)40/h1-2,4,6-8,13,17,21,23-24,27,40H,9-12,14-15,18-20H2/t21-,23+,24+,27?,32?/m1/s1. The number of nitrogens with zero attached hydrogens (tertiary/aromatic N) is 6. The Morgan fingerprint density at radius 2 is 2.02 bits per heavy atom. The largest absolute Gasteiger partial charge is 0.507 e. The average molecular weight is 535 g/mol. The van der Waals surface area contributed by atoms with Crippen LogP contribution < -0.4 is 4.90 Å². The highest BCUT2D eigenvalue weighted by Gasteiger charge is 2.62. The summed E-state index contributed by atoms with van der Waals surface area (Å²) in [5, 5.41) is 28.6. The van der Waals surface area contributed by atoms with E-state index in [9.17, 15) is 14.8 Å². The summed E-state index contributed by atoms with van der Waals surface area (Å²) in [4.78, 5) is 9.45. The van der Waals surface area contributed by atoms with E-state index in [2.05, 4.69) is 33.0 Å². The number of fused-ring (bicyclic) bond motifs is 1. The van der Waals surface area contributed by atoms with Crippen molar-refractivity contribution in [3.63, 3.8) is 0 Å². The van der Waals surface area contributed by atoms with E-state index in [0.29, 0.717) is 59.8 Å². The van der Waals surface area contributed by atoms with Gasteiger partial charge < -0.3 is 10.0 Å². The Hall–Kier alpha value is -4.01. The lowest BCUT2D eigenvalue weighted by molar-refractivity contribution is 0.0599. The molecule has 2 saturated carbocycles. The van der Waals surface area contributed by atoms with Crippen molar-refractivity contribution in [1.29, 1.82) is 5.26 Å². The zero-order valence-corrected chi connectivity index (χ0v) is 22.3. The highest BCUT2D eigenvalue weighted by molar-refractivity contribution is 5.69. The first kappa shape index (κ1) is 25.0. The molecule has 1 N–H and O–H groups in total. The number of likely N-dealkylation sites (tertiary alicyclic amines) is 1. The number of para-hydroxylation sites is 1. The lowest BCUT2D eigenvalue weighted by atomic mass is 9.53. The van der Waals surface area contributed by atoms with Crippen LogP contribution in [0.1, 0.15) is 42.6 Å². The molecule has 2 aliphatic heterocycles. The number of aromatic hydroxyl groups is 1. The Labute approximate surface area is 233 Å². The molecule has 8 heteroatoms. The lowest BCUT2D eigenvalue weighted by Crippen LogP contribution is -2.53. The van der Waals surface area contributed by atoms with Gasteiger partial charge in [-0.15, -0.1) is 0 Å². The van der Waals surface area contributed by atoms with Crippen LogP contribution in [0.2, 0.25) is 0 Å². The van der Waals surface area contributed by atoms with Gasteiger partial charge in [0.2, 0.25) is 0 Å². The number of phenolic OH excluding ortho intramolecular Hbond substituents is 1. The third-order valence-corrected chi connectivity index (χ3v) is 9.51. The Morgan fingerprint density at radius 3 is 2.85 bits per heavy atom. The smallest absolute Gasteiger partial charge is 0.131 e. The quantitative estimate of drug-likeness (QED) is 0.499. The van der Waals surface area contributed by atoms with Gasteiger partial charge in [0, 0.05) is 42.9 Å². The molecule has 2 saturated heterocycles. The molecule has 7 nitrogen and oxygen atoms in total. The van der Waals surface area contributed by atoms with E-state index in [1.807, 2.05) is 41.4 Å². The normalized spacial score (nSPS) is 28.8. The predicted octanol–water partition coefficient (Wildman–Crippen LogP) is 4.32. The third kappa shape index (κ3) is 4.28. The topological polar surface area (TPSA) is 89.2 Å². The van der Waals surface area contributed by atoms with E-state index in [-0.39, 0.29) is 11.2 Å². The number of pyridine rings is 1. The molecule has 2 aliphatic carbocycles. The van der Waals surface area contributed by atoms with Crippen LogP contribution in [-0.2, 0) is 5.41 Å². The van der Waals surface area contributed by atoms with Gasteiger partial charge in [0.15, 0.2) is 0 Å².